The van der Waals surface area contributed by atoms with Crippen LogP contribution in [0.4, 0.5) is 13.2 Å². The second kappa shape index (κ2) is 9.71. The molecule has 0 aliphatic rings. The summed E-state index contributed by atoms with van der Waals surface area (Å²) in [5, 5.41) is 14.0. The molecule has 0 aliphatic heterocycles. The van der Waals surface area contributed by atoms with Crippen molar-refractivity contribution in [2.45, 2.75) is 39.7 Å². The first-order valence-corrected chi connectivity index (χ1v) is 10.0. The van der Waals surface area contributed by atoms with Crippen LogP contribution in [0.2, 0.25) is 0 Å². The minimum Gasteiger partial charge on any atom is -0.486 e. The van der Waals surface area contributed by atoms with Crippen molar-refractivity contribution in [3.8, 4) is 5.75 Å². The van der Waals surface area contributed by atoms with Gasteiger partial charge in [0.25, 0.3) is 0 Å². The summed E-state index contributed by atoms with van der Waals surface area (Å²) in [5.74, 6) is 0.700. The van der Waals surface area contributed by atoms with Gasteiger partial charge in [0, 0.05) is 0 Å². The summed E-state index contributed by atoms with van der Waals surface area (Å²) in [6.07, 6.45) is -3.49. The molecule has 3 rings (SSSR count). The van der Waals surface area contributed by atoms with Gasteiger partial charge in [0.15, 0.2) is 5.01 Å². The molecular formula is C21H20F3N3O2S. The highest BCUT2D eigenvalue weighted by atomic mass is 32.1. The summed E-state index contributed by atoms with van der Waals surface area (Å²) in [6.45, 7) is 4.26. The molecule has 0 bridgehead atoms. The van der Waals surface area contributed by atoms with Crippen LogP contribution in [-0.2, 0) is 30.6 Å². The summed E-state index contributed by atoms with van der Waals surface area (Å²) in [5.41, 5.74) is 1.40. The Hall–Kier alpha value is -2.94. The monoisotopic (exact) mass is 435 g/mol. The van der Waals surface area contributed by atoms with Crippen molar-refractivity contribution in [1.29, 1.82) is 0 Å². The Morgan fingerprint density at radius 1 is 0.967 bits per heavy atom. The molecule has 0 fully saturated rings. The molecule has 1 heterocycles. The maximum atomic E-state index is 12.6. The lowest BCUT2D eigenvalue weighted by Gasteiger charge is -2.08. The molecule has 0 amide bonds. The van der Waals surface area contributed by atoms with Gasteiger partial charge in [0.05, 0.1) is 11.3 Å². The minimum absolute atomic E-state index is 0.0816. The van der Waals surface area contributed by atoms with Gasteiger partial charge < -0.3 is 9.57 Å². The lowest BCUT2D eigenvalue weighted by Crippen LogP contribution is -2.04. The van der Waals surface area contributed by atoms with Crippen molar-refractivity contribution in [2.75, 3.05) is 0 Å². The van der Waals surface area contributed by atoms with E-state index in [4.69, 9.17) is 9.57 Å². The second-order valence-electron chi connectivity index (χ2n) is 6.40. The van der Waals surface area contributed by atoms with E-state index in [1.165, 1.54) is 23.5 Å². The Bertz CT molecular complexity index is 984. The van der Waals surface area contributed by atoms with Crippen LogP contribution in [-0.4, -0.2) is 15.9 Å². The van der Waals surface area contributed by atoms with E-state index >= 15 is 0 Å². The molecule has 0 unspecified atom stereocenters. The van der Waals surface area contributed by atoms with Gasteiger partial charge in [-0.1, -0.05) is 35.5 Å². The maximum Gasteiger partial charge on any atom is 0.416 e. The Morgan fingerprint density at radius 2 is 1.63 bits per heavy atom. The Labute approximate surface area is 176 Å². The summed E-state index contributed by atoms with van der Waals surface area (Å²) < 4.78 is 43.4. The molecule has 1 aromatic heterocycles. The van der Waals surface area contributed by atoms with Gasteiger partial charge in [-0.3, -0.25) is 0 Å². The van der Waals surface area contributed by atoms with Crippen molar-refractivity contribution in [1.82, 2.24) is 10.2 Å². The van der Waals surface area contributed by atoms with E-state index in [0.29, 0.717) is 23.6 Å². The molecule has 5 nitrogen and oxygen atoms in total. The van der Waals surface area contributed by atoms with Crippen LogP contribution in [0.15, 0.2) is 53.7 Å². The van der Waals surface area contributed by atoms with E-state index in [1.807, 2.05) is 31.2 Å². The highest BCUT2D eigenvalue weighted by molar-refractivity contribution is 7.11. The molecule has 0 spiro atoms. The SMILES string of the molecule is CCc1nnc(COc2ccc(/C(C)=N/OCc3ccc(C(F)(F)F)cc3)cc2)s1. The number of alkyl halides is 3. The van der Waals surface area contributed by atoms with E-state index in [-0.39, 0.29) is 6.61 Å². The molecule has 3 aromatic rings. The van der Waals surface area contributed by atoms with E-state index in [1.54, 1.807) is 6.92 Å². The average Bonchev–Trinajstić information content (AvgIpc) is 3.20. The van der Waals surface area contributed by atoms with Crippen molar-refractivity contribution in [2.24, 2.45) is 5.16 Å². The van der Waals surface area contributed by atoms with Crippen LogP contribution >= 0.6 is 11.3 Å². The molecule has 0 N–H and O–H groups in total. The van der Waals surface area contributed by atoms with Crippen LogP contribution < -0.4 is 4.74 Å². The standard InChI is InChI=1S/C21H20F3N3O2S/c1-3-19-25-26-20(30-19)13-28-18-10-6-16(7-11-18)14(2)27-29-12-15-4-8-17(9-5-15)21(22,23)24/h4-11H,3,12-13H2,1-2H3/b27-14+. The van der Waals surface area contributed by atoms with Crippen LogP contribution in [0.1, 0.15) is 40.6 Å². The molecule has 0 saturated carbocycles. The van der Waals surface area contributed by atoms with Gasteiger partial charge in [0.1, 0.15) is 24.0 Å². The molecular weight excluding hydrogens is 415 g/mol. The zero-order valence-corrected chi connectivity index (χ0v) is 17.3. The molecule has 2 aromatic carbocycles. The third-order valence-electron chi connectivity index (χ3n) is 4.16. The largest absolute Gasteiger partial charge is 0.486 e. The van der Waals surface area contributed by atoms with Crippen LogP contribution in [0.5, 0.6) is 5.75 Å². The van der Waals surface area contributed by atoms with Crippen molar-refractivity contribution < 1.29 is 22.7 Å². The number of hydrogen-bond donors (Lipinski definition) is 0. The smallest absolute Gasteiger partial charge is 0.416 e. The van der Waals surface area contributed by atoms with Crippen LogP contribution in [0.25, 0.3) is 0 Å². The Morgan fingerprint density at radius 3 is 2.23 bits per heavy atom. The number of hydrogen-bond acceptors (Lipinski definition) is 6. The maximum absolute atomic E-state index is 12.6. The van der Waals surface area contributed by atoms with Crippen molar-refractivity contribution in [3.63, 3.8) is 0 Å². The molecule has 0 atom stereocenters. The number of ether oxygens (including phenoxy) is 1. The zero-order chi connectivity index (χ0) is 21.6. The third kappa shape index (κ3) is 6.03. The Balaban J connectivity index is 1.50. The zero-order valence-electron chi connectivity index (χ0n) is 16.4. The fourth-order valence-electron chi connectivity index (χ4n) is 2.47. The number of rotatable bonds is 8. The van der Waals surface area contributed by atoms with Gasteiger partial charge in [-0.2, -0.15) is 13.2 Å². The van der Waals surface area contributed by atoms with E-state index in [2.05, 4.69) is 15.4 Å². The van der Waals surface area contributed by atoms with Crippen molar-refractivity contribution >= 4 is 17.0 Å². The minimum atomic E-state index is -4.35. The number of aromatic nitrogens is 2. The lowest BCUT2D eigenvalue weighted by atomic mass is 10.1. The topological polar surface area (TPSA) is 56.6 Å². The van der Waals surface area contributed by atoms with Crippen molar-refractivity contribution in [3.05, 3.63) is 75.2 Å². The second-order valence-corrected chi connectivity index (χ2v) is 7.55. The predicted octanol–water partition coefficient (Wildman–Crippen LogP) is 5.64. The fraction of sp³-hybridized carbons (Fsp3) is 0.286. The Kier molecular flexibility index (Phi) is 7.04. The molecule has 0 radical (unpaired) electrons. The summed E-state index contributed by atoms with van der Waals surface area (Å²) in [4.78, 5) is 5.27. The first kappa shape index (κ1) is 21.8. The fourth-order valence-corrected chi connectivity index (χ4v) is 3.17. The highest BCUT2D eigenvalue weighted by Gasteiger charge is 2.29. The van der Waals surface area contributed by atoms with E-state index < -0.39 is 11.7 Å². The van der Waals surface area contributed by atoms with Crippen LogP contribution in [0, 0.1) is 0 Å². The van der Waals surface area contributed by atoms with Gasteiger partial charge in [-0.15, -0.1) is 10.2 Å². The van der Waals surface area contributed by atoms with Gasteiger partial charge in [-0.25, -0.2) is 0 Å². The normalized spacial score (nSPS) is 12.1. The first-order valence-electron chi connectivity index (χ1n) is 9.22. The summed E-state index contributed by atoms with van der Waals surface area (Å²) in [7, 11) is 0. The number of nitrogens with zero attached hydrogens (tertiary/aromatic N) is 3. The van der Waals surface area contributed by atoms with Crippen LogP contribution in [0.3, 0.4) is 0 Å². The van der Waals surface area contributed by atoms with Gasteiger partial charge in [-0.05, 0) is 60.9 Å². The molecule has 9 heteroatoms. The quantitative estimate of drug-likeness (QED) is 0.339. The van der Waals surface area contributed by atoms with Gasteiger partial charge in [0.2, 0.25) is 0 Å². The van der Waals surface area contributed by atoms with Gasteiger partial charge >= 0.3 is 6.18 Å². The average molecular weight is 435 g/mol. The highest BCUT2D eigenvalue weighted by Crippen LogP contribution is 2.29. The molecule has 158 valence electrons. The third-order valence-corrected chi connectivity index (χ3v) is 5.20. The lowest BCUT2D eigenvalue weighted by molar-refractivity contribution is -0.137. The van der Waals surface area contributed by atoms with E-state index in [0.717, 1.165) is 34.1 Å². The number of halogens is 3. The number of oxime groups is 1. The first-order chi connectivity index (χ1) is 14.3. The molecule has 0 saturated heterocycles. The summed E-state index contributed by atoms with van der Waals surface area (Å²) >= 11 is 1.53. The van der Waals surface area contributed by atoms with E-state index in [9.17, 15) is 13.2 Å². The molecule has 30 heavy (non-hydrogen) atoms. The number of benzene rings is 2. The summed E-state index contributed by atoms with van der Waals surface area (Å²) in [6, 6.07) is 12.2. The molecule has 0 aliphatic carbocycles. The number of aryl methyl sites for hydroxylation is 1. The predicted molar refractivity (Wildman–Crippen MR) is 109 cm³/mol.